The topological polar surface area (TPSA) is 41.7 Å². The van der Waals surface area contributed by atoms with Crippen molar-refractivity contribution in [2.45, 2.75) is 13.5 Å². The van der Waals surface area contributed by atoms with Crippen LogP contribution < -0.4 is 4.74 Å². The summed E-state index contributed by atoms with van der Waals surface area (Å²) in [5, 5.41) is 4.77. The molecule has 0 amide bonds. The van der Waals surface area contributed by atoms with E-state index in [0.29, 0.717) is 11.6 Å². The third-order valence-electron chi connectivity index (χ3n) is 4.00. The van der Waals surface area contributed by atoms with Crippen LogP contribution in [0.15, 0.2) is 34.9 Å². The Labute approximate surface area is 141 Å². The van der Waals surface area contributed by atoms with E-state index in [-0.39, 0.29) is 0 Å². The second-order valence-corrected chi connectivity index (χ2v) is 6.29. The summed E-state index contributed by atoms with van der Waals surface area (Å²) >= 11 is 5.95. The first-order valence-corrected chi connectivity index (χ1v) is 8.32. The van der Waals surface area contributed by atoms with Gasteiger partial charge in [0.2, 0.25) is 0 Å². The molecular formula is C17H22ClN3O2. The second-order valence-electron chi connectivity index (χ2n) is 5.85. The minimum atomic E-state index is 0.683. The number of benzene rings is 1. The van der Waals surface area contributed by atoms with Crippen LogP contribution in [-0.4, -0.2) is 54.3 Å². The van der Waals surface area contributed by atoms with Crippen LogP contribution in [0, 0.1) is 6.92 Å². The maximum Gasteiger partial charge on any atom is 0.133 e. The largest absolute Gasteiger partial charge is 0.492 e. The van der Waals surface area contributed by atoms with Gasteiger partial charge in [0, 0.05) is 50.4 Å². The molecule has 0 saturated carbocycles. The highest BCUT2D eigenvalue weighted by Gasteiger charge is 2.17. The van der Waals surface area contributed by atoms with E-state index in [2.05, 4.69) is 15.0 Å². The maximum atomic E-state index is 5.95. The van der Waals surface area contributed by atoms with Crippen molar-refractivity contribution in [2.24, 2.45) is 0 Å². The molecule has 0 bridgehead atoms. The molecule has 124 valence electrons. The third-order valence-corrected chi connectivity index (χ3v) is 4.23. The van der Waals surface area contributed by atoms with Crippen LogP contribution in [0.25, 0.3) is 0 Å². The molecule has 23 heavy (non-hydrogen) atoms. The van der Waals surface area contributed by atoms with E-state index < -0.39 is 0 Å². The van der Waals surface area contributed by atoms with Gasteiger partial charge in [-0.15, -0.1) is 0 Å². The van der Waals surface area contributed by atoms with Crippen LogP contribution in [-0.2, 0) is 6.54 Å². The zero-order chi connectivity index (χ0) is 16.1. The van der Waals surface area contributed by atoms with Gasteiger partial charge >= 0.3 is 0 Å². The summed E-state index contributed by atoms with van der Waals surface area (Å²) < 4.78 is 10.9. The summed E-state index contributed by atoms with van der Waals surface area (Å²) in [5.41, 5.74) is 1.01. The molecule has 1 aromatic carbocycles. The average Bonchev–Trinajstić information content (AvgIpc) is 2.94. The molecule has 0 unspecified atom stereocenters. The van der Waals surface area contributed by atoms with Crippen LogP contribution >= 0.6 is 11.6 Å². The molecule has 5 nitrogen and oxygen atoms in total. The van der Waals surface area contributed by atoms with E-state index in [1.54, 1.807) is 0 Å². The van der Waals surface area contributed by atoms with Crippen LogP contribution in [0.2, 0.25) is 5.02 Å². The molecule has 2 heterocycles. The number of halogens is 1. The highest BCUT2D eigenvalue weighted by Crippen LogP contribution is 2.17. The van der Waals surface area contributed by atoms with Crippen molar-refractivity contribution in [2.75, 3.05) is 39.3 Å². The summed E-state index contributed by atoms with van der Waals surface area (Å²) in [6, 6.07) is 9.54. The van der Waals surface area contributed by atoms with Gasteiger partial charge in [-0.2, -0.15) is 0 Å². The Morgan fingerprint density at radius 3 is 2.65 bits per heavy atom. The lowest BCUT2D eigenvalue weighted by molar-refractivity contribution is 0.111. The van der Waals surface area contributed by atoms with Gasteiger partial charge in [0.25, 0.3) is 0 Å². The standard InChI is InChI=1S/C17H22ClN3O2/c1-14-11-16(19-23-14)13-21-7-5-20(6-8-21)9-10-22-17-4-2-3-15(18)12-17/h2-4,11-12H,5-10,13H2,1H3. The van der Waals surface area contributed by atoms with Crippen LogP contribution in [0.1, 0.15) is 11.5 Å². The summed E-state index contributed by atoms with van der Waals surface area (Å²) in [6.45, 7) is 8.60. The number of hydrogen-bond acceptors (Lipinski definition) is 5. The zero-order valence-corrected chi connectivity index (χ0v) is 14.1. The zero-order valence-electron chi connectivity index (χ0n) is 13.4. The van der Waals surface area contributed by atoms with Crippen molar-refractivity contribution in [3.8, 4) is 5.75 Å². The molecule has 0 radical (unpaired) electrons. The average molecular weight is 336 g/mol. The first kappa shape index (κ1) is 16.3. The molecule has 0 atom stereocenters. The van der Waals surface area contributed by atoms with Crippen molar-refractivity contribution >= 4 is 11.6 Å². The summed E-state index contributed by atoms with van der Waals surface area (Å²) in [4.78, 5) is 4.83. The molecule has 3 rings (SSSR count). The predicted octanol–water partition coefficient (Wildman–Crippen LogP) is 2.83. The second kappa shape index (κ2) is 7.81. The van der Waals surface area contributed by atoms with Crippen molar-refractivity contribution in [1.29, 1.82) is 0 Å². The molecule has 1 aliphatic rings. The van der Waals surface area contributed by atoms with Gasteiger partial charge in [-0.05, 0) is 25.1 Å². The van der Waals surface area contributed by atoms with Crippen LogP contribution in [0.5, 0.6) is 5.75 Å². The van der Waals surface area contributed by atoms with Crippen molar-refractivity contribution in [3.05, 3.63) is 46.8 Å². The minimum absolute atomic E-state index is 0.683. The fourth-order valence-corrected chi connectivity index (χ4v) is 2.92. The number of piperazine rings is 1. The Morgan fingerprint density at radius 1 is 1.17 bits per heavy atom. The molecule has 1 saturated heterocycles. The van der Waals surface area contributed by atoms with Crippen molar-refractivity contribution < 1.29 is 9.26 Å². The molecule has 1 fully saturated rings. The van der Waals surface area contributed by atoms with Gasteiger partial charge in [0.05, 0.1) is 5.69 Å². The summed E-state index contributed by atoms with van der Waals surface area (Å²) in [5.74, 6) is 1.70. The minimum Gasteiger partial charge on any atom is -0.492 e. The monoisotopic (exact) mass is 335 g/mol. The molecule has 1 aromatic heterocycles. The SMILES string of the molecule is Cc1cc(CN2CCN(CCOc3cccc(Cl)c3)CC2)no1. The van der Waals surface area contributed by atoms with Gasteiger partial charge in [-0.1, -0.05) is 22.8 Å². The summed E-state index contributed by atoms with van der Waals surface area (Å²) in [7, 11) is 0. The van der Waals surface area contributed by atoms with Gasteiger partial charge in [0.15, 0.2) is 0 Å². The van der Waals surface area contributed by atoms with E-state index in [0.717, 1.165) is 56.5 Å². The summed E-state index contributed by atoms with van der Waals surface area (Å²) in [6.07, 6.45) is 0. The van der Waals surface area contributed by atoms with Crippen LogP contribution in [0.3, 0.4) is 0 Å². The first-order valence-electron chi connectivity index (χ1n) is 7.94. The van der Waals surface area contributed by atoms with E-state index in [1.165, 1.54) is 0 Å². The van der Waals surface area contributed by atoms with Crippen molar-refractivity contribution in [1.82, 2.24) is 15.0 Å². The number of rotatable bonds is 6. The number of hydrogen-bond donors (Lipinski definition) is 0. The van der Waals surface area contributed by atoms with E-state index in [1.807, 2.05) is 37.3 Å². The molecule has 0 aliphatic carbocycles. The Balaban J connectivity index is 1.36. The Kier molecular flexibility index (Phi) is 5.54. The molecule has 2 aromatic rings. The first-order chi connectivity index (χ1) is 11.2. The van der Waals surface area contributed by atoms with Gasteiger partial charge < -0.3 is 9.26 Å². The normalized spacial score (nSPS) is 16.6. The third kappa shape index (κ3) is 4.96. The Morgan fingerprint density at radius 2 is 1.96 bits per heavy atom. The number of aryl methyl sites for hydroxylation is 1. The number of ether oxygens (including phenoxy) is 1. The highest BCUT2D eigenvalue weighted by atomic mass is 35.5. The molecule has 0 N–H and O–H groups in total. The molecular weight excluding hydrogens is 314 g/mol. The van der Waals surface area contributed by atoms with E-state index in [4.69, 9.17) is 20.9 Å². The van der Waals surface area contributed by atoms with Crippen LogP contribution in [0.4, 0.5) is 0 Å². The van der Waals surface area contributed by atoms with Crippen molar-refractivity contribution in [3.63, 3.8) is 0 Å². The number of aromatic nitrogens is 1. The predicted molar refractivity (Wildman–Crippen MR) is 89.9 cm³/mol. The Hall–Kier alpha value is -1.56. The van der Waals surface area contributed by atoms with Gasteiger partial charge in [0.1, 0.15) is 18.1 Å². The fraction of sp³-hybridized carbons (Fsp3) is 0.471. The maximum absolute atomic E-state index is 5.95. The lowest BCUT2D eigenvalue weighted by atomic mass is 10.3. The van der Waals surface area contributed by atoms with Gasteiger partial charge in [-0.3, -0.25) is 9.80 Å². The molecule has 6 heteroatoms. The molecule has 0 spiro atoms. The Bertz CT molecular complexity index is 624. The smallest absolute Gasteiger partial charge is 0.133 e. The fourth-order valence-electron chi connectivity index (χ4n) is 2.74. The number of nitrogens with zero attached hydrogens (tertiary/aromatic N) is 3. The van der Waals surface area contributed by atoms with Gasteiger partial charge in [-0.25, -0.2) is 0 Å². The quantitative estimate of drug-likeness (QED) is 0.812. The highest BCUT2D eigenvalue weighted by molar-refractivity contribution is 6.30. The lowest BCUT2D eigenvalue weighted by Gasteiger charge is -2.34. The lowest BCUT2D eigenvalue weighted by Crippen LogP contribution is -2.47. The van der Waals surface area contributed by atoms with E-state index in [9.17, 15) is 0 Å². The van der Waals surface area contributed by atoms with E-state index >= 15 is 0 Å². The molecule has 1 aliphatic heterocycles.